The van der Waals surface area contributed by atoms with Crippen molar-refractivity contribution in [2.75, 3.05) is 0 Å². The Balaban J connectivity index is 3.31. The standard InChI is InChI=1S/C8H5Cl3/c1-2-5-3-6(9)8(11)7(10)4-5/h2-4H,1H2. The number of halogens is 3. The largest absolute Gasteiger partial charge is 0.0985 e. The highest BCUT2D eigenvalue weighted by atomic mass is 35.5. The van der Waals surface area contributed by atoms with Crippen LogP contribution in [0.15, 0.2) is 18.7 Å². The van der Waals surface area contributed by atoms with Crippen LogP contribution in [-0.4, -0.2) is 0 Å². The van der Waals surface area contributed by atoms with Gasteiger partial charge in [-0.1, -0.05) is 47.5 Å². The van der Waals surface area contributed by atoms with Gasteiger partial charge in [0.05, 0.1) is 15.1 Å². The van der Waals surface area contributed by atoms with E-state index in [0.717, 1.165) is 5.56 Å². The summed E-state index contributed by atoms with van der Waals surface area (Å²) in [6, 6.07) is 3.42. The fraction of sp³-hybridized carbons (Fsp3) is 0. The van der Waals surface area contributed by atoms with Gasteiger partial charge in [0, 0.05) is 0 Å². The highest BCUT2D eigenvalue weighted by Crippen LogP contribution is 2.31. The monoisotopic (exact) mass is 206 g/mol. The molecule has 0 unspecified atom stereocenters. The molecule has 0 aliphatic heterocycles. The van der Waals surface area contributed by atoms with E-state index in [1.54, 1.807) is 18.2 Å². The molecule has 0 atom stereocenters. The van der Waals surface area contributed by atoms with Gasteiger partial charge in [0.15, 0.2) is 0 Å². The van der Waals surface area contributed by atoms with Crippen molar-refractivity contribution >= 4 is 40.9 Å². The third kappa shape index (κ3) is 1.90. The number of rotatable bonds is 1. The van der Waals surface area contributed by atoms with Crippen LogP contribution in [0.5, 0.6) is 0 Å². The van der Waals surface area contributed by atoms with E-state index in [9.17, 15) is 0 Å². The second kappa shape index (κ2) is 3.48. The third-order valence-corrected chi connectivity index (χ3v) is 2.44. The average molecular weight is 207 g/mol. The first-order valence-corrected chi connectivity index (χ1v) is 4.05. The van der Waals surface area contributed by atoms with Crippen molar-refractivity contribution in [1.29, 1.82) is 0 Å². The van der Waals surface area contributed by atoms with Crippen molar-refractivity contribution in [3.05, 3.63) is 39.3 Å². The SMILES string of the molecule is C=Cc1cc(Cl)c(Cl)c(Cl)c1. The Morgan fingerprint density at radius 1 is 1.09 bits per heavy atom. The molecule has 0 bridgehead atoms. The van der Waals surface area contributed by atoms with Crippen molar-refractivity contribution < 1.29 is 0 Å². The minimum Gasteiger partial charge on any atom is -0.0985 e. The van der Waals surface area contributed by atoms with Crippen LogP contribution in [0.25, 0.3) is 6.08 Å². The van der Waals surface area contributed by atoms with Gasteiger partial charge in [-0.2, -0.15) is 0 Å². The van der Waals surface area contributed by atoms with Crippen LogP contribution < -0.4 is 0 Å². The van der Waals surface area contributed by atoms with Crippen molar-refractivity contribution in [1.82, 2.24) is 0 Å². The lowest BCUT2D eigenvalue weighted by Crippen LogP contribution is -1.75. The topological polar surface area (TPSA) is 0 Å². The summed E-state index contributed by atoms with van der Waals surface area (Å²) in [5.74, 6) is 0. The maximum Gasteiger partial charge on any atom is 0.0778 e. The predicted molar refractivity (Wildman–Crippen MR) is 51.6 cm³/mol. The summed E-state index contributed by atoms with van der Waals surface area (Å²) in [5.41, 5.74) is 0.865. The molecule has 1 rings (SSSR count). The molecule has 0 aliphatic carbocycles. The first kappa shape index (κ1) is 8.92. The van der Waals surface area contributed by atoms with Crippen molar-refractivity contribution in [2.45, 2.75) is 0 Å². The molecular formula is C8H5Cl3. The average Bonchev–Trinajstić information content (AvgIpc) is 1.99. The van der Waals surface area contributed by atoms with Gasteiger partial charge in [0.2, 0.25) is 0 Å². The summed E-state index contributed by atoms with van der Waals surface area (Å²) in [4.78, 5) is 0. The first-order chi connectivity index (χ1) is 5.15. The number of hydrogen-bond donors (Lipinski definition) is 0. The Bertz CT molecular complexity index is 268. The summed E-state index contributed by atoms with van der Waals surface area (Å²) < 4.78 is 0. The van der Waals surface area contributed by atoms with Gasteiger partial charge in [-0.15, -0.1) is 0 Å². The van der Waals surface area contributed by atoms with Gasteiger partial charge in [-0.25, -0.2) is 0 Å². The summed E-state index contributed by atoms with van der Waals surface area (Å²) in [6.45, 7) is 3.58. The molecule has 1 aromatic rings. The molecule has 0 aromatic heterocycles. The molecule has 0 heterocycles. The van der Waals surface area contributed by atoms with Gasteiger partial charge in [0.1, 0.15) is 0 Å². The van der Waals surface area contributed by atoms with Crippen molar-refractivity contribution in [3.63, 3.8) is 0 Å². The molecule has 1 aromatic carbocycles. The molecule has 0 fully saturated rings. The lowest BCUT2D eigenvalue weighted by Gasteiger charge is -1.99. The van der Waals surface area contributed by atoms with Gasteiger partial charge < -0.3 is 0 Å². The Labute approximate surface area is 80.4 Å². The number of hydrogen-bond acceptors (Lipinski definition) is 0. The third-order valence-electron chi connectivity index (χ3n) is 1.24. The number of benzene rings is 1. The predicted octanol–water partition coefficient (Wildman–Crippen LogP) is 4.29. The molecule has 3 heteroatoms. The second-order valence-corrected chi connectivity index (χ2v) is 3.20. The summed E-state index contributed by atoms with van der Waals surface area (Å²) in [5, 5.41) is 1.29. The molecule has 0 nitrogen and oxygen atoms in total. The highest BCUT2D eigenvalue weighted by Gasteiger charge is 2.03. The fourth-order valence-corrected chi connectivity index (χ4v) is 1.31. The maximum atomic E-state index is 5.73. The second-order valence-electron chi connectivity index (χ2n) is 2.00. The minimum absolute atomic E-state index is 0.388. The van der Waals surface area contributed by atoms with Gasteiger partial charge in [-0.3, -0.25) is 0 Å². The normalized spacial score (nSPS) is 9.73. The van der Waals surface area contributed by atoms with Crippen molar-refractivity contribution in [3.8, 4) is 0 Å². The van der Waals surface area contributed by atoms with E-state index in [0.29, 0.717) is 15.1 Å². The van der Waals surface area contributed by atoms with Crippen LogP contribution in [-0.2, 0) is 0 Å². The Morgan fingerprint density at radius 3 is 1.91 bits per heavy atom. The molecule has 0 saturated heterocycles. The fourth-order valence-electron chi connectivity index (χ4n) is 0.693. The van der Waals surface area contributed by atoms with Crippen LogP contribution in [0.2, 0.25) is 15.1 Å². The van der Waals surface area contributed by atoms with Crippen LogP contribution in [0.3, 0.4) is 0 Å². The first-order valence-electron chi connectivity index (χ1n) is 2.92. The van der Waals surface area contributed by atoms with Gasteiger partial charge in [0.25, 0.3) is 0 Å². The maximum absolute atomic E-state index is 5.73. The minimum atomic E-state index is 0.388. The molecule has 11 heavy (non-hydrogen) atoms. The van der Waals surface area contributed by atoms with E-state index < -0.39 is 0 Å². The summed E-state index contributed by atoms with van der Waals surface area (Å²) in [6.07, 6.45) is 1.66. The zero-order chi connectivity index (χ0) is 8.43. The highest BCUT2D eigenvalue weighted by molar-refractivity contribution is 6.48. The Kier molecular flexibility index (Phi) is 2.83. The smallest absolute Gasteiger partial charge is 0.0778 e. The Morgan fingerprint density at radius 2 is 1.55 bits per heavy atom. The molecule has 0 saturated carbocycles. The zero-order valence-electron chi connectivity index (χ0n) is 5.57. The van der Waals surface area contributed by atoms with Crippen LogP contribution in [0.4, 0.5) is 0 Å². The van der Waals surface area contributed by atoms with Crippen LogP contribution in [0, 0.1) is 0 Å². The molecular weight excluding hydrogens is 202 g/mol. The van der Waals surface area contributed by atoms with Gasteiger partial charge >= 0.3 is 0 Å². The van der Waals surface area contributed by atoms with E-state index in [-0.39, 0.29) is 0 Å². The van der Waals surface area contributed by atoms with Crippen LogP contribution in [0.1, 0.15) is 5.56 Å². The zero-order valence-corrected chi connectivity index (χ0v) is 7.84. The molecule has 0 aliphatic rings. The molecule has 0 N–H and O–H groups in total. The summed E-state index contributed by atoms with van der Waals surface area (Å²) >= 11 is 17.2. The van der Waals surface area contributed by atoms with E-state index in [2.05, 4.69) is 6.58 Å². The van der Waals surface area contributed by atoms with E-state index in [1.165, 1.54) is 0 Å². The molecule has 0 spiro atoms. The van der Waals surface area contributed by atoms with E-state index in [4.69, 9.17) is 34.8 Å². The van der Waals surface area contributed by atoms with Crippen molar-refractivity contribution in [2.24, 2.45) is 0 Å². The van der Waals surface area contributed by atoms with Gasteiger partial charge in [-0.05, 0) is 17.7 Å². The molecule has 0 radical (unpaired) electrons. The lowest BCUT2D eigenvalue weighted by molar-refractivity contribution is 1.66. The molecule has 0 amide bonds. The summed E-state index contributed by atoms with van der Waals surface area (Å²) in [7, 11) is 0. The lowest BCUT2D eigenvalue weighted by atomic mass is 10.2. The van der Waals surface area contributed by atoms with Crippen LogP contribution >= 0.6 is 34.8 Å². The Hall–Kier alpha value is -0.170. The molecule has 58 valence electrons. The van der Waals surface area contributed by atoms with E-state index in [1.807, 2.05) is 0 Å². The quantitative estimate of drug-likeness (QED) is 0.603. The van der Waals surface area contributed by atoms with E-state index >= 15 is 0 Å².